The molecule has 0 aliphatic carbocycles. The third-order valence-corrected chi connectivity index (χ3v) is 2.84. The number of nitrogens with one attached hydrogen (secondary N) is 2. The first-order chi connectivity index (χ1) is 9.15. The Morgan fingerprint density at radius 2 is 1.89 bits per heavy atom. The van der Waals surface area contributed by atoms with Gasteiger partial charge in [0.2, 0.25) is 5.95 Å². The van der Waals surface area contributed by atoms with E-state index >= 15 is 0 Å². The summed E-state index contributed by atoms with van der Waals surface area (Å²) >= 11 is 0. The van der Waals surface area contributed by atoms with Crippen LogP contribution in [0.25, 0.3) is 11.2 Å². The summed E-state index contributed by atoms with van der Waals surface area (Å²) in [6.45, 7) is 0.300. The van der Waals surface area contributed by atoms with Gasteiger partial charge in [-0.3, -0.25) is 19.3 Å². The number of aromatic nitrogens is 4. The van der Waals surface area contributed by atoms with Crippen LogP contribution < -0.4 is 17.0 Å². The molecule has 0 unspecified atom stereocenters. The Balaban J connectivity index is 2.22. The monoisotopic (exact) mass is 257 g/mol. The number of aromatic amines is 2. The Hall–Kier alpha value is -2.83. The van der Waals surface area contributed by atoms with Gasteiger partial charge in [-0.25, -0.2) is 4.79 Å². The number of fused-ring (bicyclic) bond motifs is 1. The molecule has 0 bridgehead atoms. The Kier molecular flexibility index (Phi) is 2.45. The van der Waals surface area contributed by atoms with Gasteiger partial charge in [0.25, 0.3) is 5.56 Å². The molecule has 0 spiro atoms. The molecule has 3 rings (SSSR count). The van der Waals surface area contributed by atoms with Crippen molar-refractivity contribution in [1.29, 1.82) is 0 Å². The van der Waals surface area contributed by atoms with Crippen molar-refractivity contribution in [2.45, 2.75) is 6.54 Å². The van der Waals surface area contributed by atoms with Gasteiger partial charge in [-0.05, 0) is 5.56 Å². The maximum absolute atomic E-state index is 11.9. The molecule has 1 aromatic carbocycles. The molecule has 7 heteroatoms. The summed E-state index contributed by atoms with van der Waals surface area (Å²) in [5.74, 6) is -0.0226. The van der Waals surface area contributed by atoms with E-state index in [4.69, 9.17) is 5.73 Å². The molecule has 3 aromatic rings. The lowest BCUT2D eigenvalue weighted by Crippen LogP contribution is -2.21. The van der Waals surface area contributed by atoms with Gasteiger partial charge < -0.3 is 5.73 Å². The van der Waals surface area contributed by atoms with E-state index in [9.17, 15) is 9.59 Å². The van der Waals surface area contributed by atoms with Gasteiger partial charge in [0.05, 0.1) is 6.54 Å². The van der Waals surface area contributed by atoms with Crippen LogP contribution in [-0.2, 0) is 6.54 Å². The fraction of sp³-hybridized carbons (Fsp3) is 0.0833. The Bertz CT molecular complexity index is 844. The zero-order valence-corrected chi connectivity index (χ0v) is 9.88. The third kappa shape index (κ3) is 1.90. The zero-order valence-electron chi connectivity index (χ0n) is 9.88. The fourth-order valence-electron chi connectivity index (χ4n) is 2.01. The maximum atomic E-state index is 11.9. The Labute approximate surface area is 106 Å². The summed E-state index contributed by atoms with van der Waals surface area (Å²) in [5, 5.41) is 0. The largest absolute Gasteiger partial charge is 0.369 e. The Morgan fingerprint density at radius 3 is 2.63 bits per heavy atom. The van der Waals surface area contributed by atoms with Crippen LogP contribution in [0.3, 0.4) is 0 Å². The summed E-state index contributed by atoms with van der Waals surface area (Å²) in [4.78, 5) is 32.6. The van der Waals surface area contributed by atoms with E-state index in [1.165, 1.54) is 4.57 Å². The van der Waals surface area contributed by atoms with Crippen LogP contribution in [0.4, 0.5) is 5.95 Å². The number of hydrogen-bond donors (Lipinski definition) is 3. The lowest BCUT2D eigenvalue weighted by atomic mass is 10.2. The van der Waals surface area contributed by atoms with E-state index in [0.717, 1.165) is 5.56 Å². The molecule has 0 fully saturated rings. The topological polar surface area (TPSA) is 110 Å². The van der Waals surface area contributed by atoms with E-state index < -0.39 is 5.56 Å². The van der Waals surface area contributed by atoms with Gasteiger partial charge in [0.15, 0.2) is 11.2 Å². The minimum Gasteiger partial charge on any atom is -0.369 e. The van der Waals surface area contributed by atoms with Crippen molar-refractivity contribution in [2.24, 2.45) is 0 Å². The number of nitrogens with two attached hydrogens (primary N) is 1. The van der Waals surface area contributed by atoms with Crippen molar-refractivity contribution >= 4 is 17.1 Å². The number of hydrogen-bond acceptors (Lipinski definition) is 4. The number of benzene rings is 1. The molecular formula is C12H11N5O2. The summed E-state index contributed by atoms with van der Waals surface area (Å²) < 4.78 is 1.34. The van der Waals surface area contributed by atoms with Crippen molar-refractivity contribution in [2.75, 3.05) is 5.73 Å². The molecule has 2 heterocycles. The van der Waals surface area contributed by atoms with E-state index in [-0.39, 0.29) is 22.8 Å². The third-order valence-electron chi connectivity index (χ3n) is 2.84. The summed E-state index contributed by atoms with van der Waals surface area (Å²) in [6.07, 6.45) is 0. The van der Waals surface area contributed by atoms with Crippen LogP contribution in [0.5, 0.6) is 0 Å². The SMILES string of the molecule is Nc1nc2[nH]c(=O)n(Cc3ccccc3)c2c(=O)[nH]1. The van der Waals surface area contributed by atoms with E-state index in [1.54, 1.807) is 0 Å². The molecule has 0 saturated heterocycles. The molecule has 96 valence electrons. The lowest BCUT2D eigenvalue weighted by molar-refractivity contribution is 0.783. The summed E-state index contributed by atoms with van der Waals surface area (Å²) in [5.41, 5.74) is 5.93. The van der Waals surface area contributed by atoms with Gasteiger partial charge in [-0.1, -0.05) is 30.3 Å². The van der Waals surface area contributed by atoms with Crippen LogP contribution in [0.2, 0.25) is 0 Å². The van der Waals surface area contributed by atoms with Gasteiger partial charge in [-0.15, -0.1) is 0 Å². The standard InChI is InChI=1S/C12H11N5O2/c13-11-14-9-8(10(18)16-11)17(12(19)15-9)6-7-4-2-1-3-5-7/h1-5H,6H2,(H4,13,14,15,16,18,19). The number of H-pyrrole nitrogens is 2. The average molecular weight is 257 g/mol. The molecule has 7 nitrogen and oxygen atoms in total. The number of nitrogen functional groups attached to an aromatic ring is 1. The molecule has 19 heavy (non-hydrogen) atoms. The second-order valence-electron chi connectivity index (χ2n) is 4.15. The number of rotatable bonds is 2. The quantitative estimate of drug-likeness (QED) is 0.602. The molecule has 2 aromatic heterocycles. The molecule has 0 aliphatic rings. The number of nitrogens with zero attached hydrogens (tertiary/aromatic N) is 2. The number of anilines is 1. The maximum Gasteiger partial charge on any atom is 0.328 e. The molecule has 0 saturated carbocycles. The zero-order chi connectivity index (χ0) is 13.4. The second kappa shape index (κ2) is 4.13. The van der Waals surface area contributed by atoms with Crippen molar-refractivity contribution in [3.63, 3.8) is 0 Å². The van der Waals surface area contributed by atoms with E-state index in [1.807, 2.05) is 30.3 Å². The van der Waals surface area contributed by atoms with Gasteiger partial charge in [0.1, 0.15) is 0 Å². The van der Waals surface area contributed by atoms with Crippen LogP contribution >= 0.6 is 0 Å². The molecule has 0 radical (unpaired) electrons. The minimum atomic E-state index is -0.434. The highest BCUT2D eigenvalue weighted by molar-refractivity contribution is 5.70. The molecule has 4 N–H and O–H groups in total. The molecule has 0 aliphatic heterocycles. The highest BCUT2D eigenvalue weighted by Crippen LogP contribution is 2.06. The number of imidazole rings is 1. The van der Waals surface area contributed by atoms with Crippen LogP contribution in [0.15, 0.2) is 39.9 Å². The second-order valence-corrected chi connectivity index (χ2v) is 4.15. The smallest absolute Gasteiger partial charge is 0.328 e. The minimum absolute atomic E-state index is 0.0226. The first-order valence-electron chi connectivity index (χ1n) is 5.67. The van der Waals surface area contributed by atoms with Crippen LogP contribution in [0, 0.1) is 0 Å². The molecule has 0 amide bonds. The first-order valence-corrected chi connectivity index (χ1v) is 5.67. The van der Waals surface area contributed by atoms with Crippen LogP contribution in [-0.4, -0.2) is 19.5 Å². The molecule has 0 atom stereocenters. The normalized spacial score (nSPS) is 10.9. The average Bonchev–Trinajstić information content (AvgIpc) is 2.67. The fourth-order valence-corrected chi connectivity index (χ4v) is 2.01. The summed E-state index contributed by atoms with van der Waals surface area (Å²) in [6, 6.07) is 9.39. The predicted octanol–water partition coefficient (Wildman–Crippen LogP) is 0.0434. The van der Waals surface area contributed by atoms with Crippen molar-refractivity contribution in [3.8, 4) is 0 Å². The van der Waals surface area contributed by atoms with E-state index in [0.29, 0.717) is 6.54 Å². The highest BCUT2D eigenvalue weighted by atomic mass is 16.2. The van der Waals surface area contributed by atoms with E-state index in [2.05, 4.69) is 15.0 Å². The molecular weight excluding hydrogens is 246 g/mol. The van der Waals surface area contributed by atoms with Crippen molar-refractivity contribution in [3.05, 3.63) is 56.7 Å². The van der Waals surface area contributed by atoms with Crippen molar-refractivity contribution in [1.82, 2.24) is 19.5 Å². The first kappa shape index (κ1) is 11.3. The van der Waals surface area contributed by atoms with Gasteiger partial charge in [0, 0.05) is 0 Å². The van der Waals surface area contributed by atoms with Gasteiger partial charge in [-0.2, -0.15) is 4.98 Å². The predicted molar refractivity (Wildman–Crippen MR) is 70.9 cm³/mol. The highest BCUT2D eigenvalue weighted by Gasteiger charge is 2.12. The van der Waals surface area contributed by atoms with Crippen molar-refractivity contribution < 1.29 is 0 Å². The lowest BCUT2D eigenvalue weighted by Gasteiger charge is -2.02. The van der Waals surface area contributed by atoms with Crippen LogP contribution in [0.1, 0.15) is 5.56 Å². The van der Waals surface area contributed by atoms with Gasteiger partial charge >= 0.3 is 5.69 Å². The summed E-state index contributed by atoms with van der Waals surface area (Å²) in [7, 11) is 0. The Morgan fingerprint density at radius 1 is 1.16 bits per heavy atom.